The second-order valence-electron chi connectivity index (χ2n) is 4.06. The largest absolute Gasteiger partial charge is 0.482 e. The average Bonchev–Trinajstić information content (AvgIpc) is 2.97. The van der Waals surface area contributed by atoms with E-state index < -0.39 is 22.6 Å². The highest BCUT2D eigenvalue weighted by molar-refractivity contribution is 7.89. The van der Waals surface area contributed by atoms with Gasteiger partial charge in [0.2, 0.25) is 10.0 Å². The molecule has 0 aliphatic rings. The molecule has 3 N–H and O–H groups in total. The zero-order valence-corrected chi connectivity index (χ0v) is 11.6. The van der Waals surface area contributed by atoms with Gasteiger partial charge >= 0.3 is 5.97 Å². The van der Waals surface area contributed by atoms with Crippen molar-refractivity contribution in [3.8, 4) is 5.75 Å². The Morgan fingerprint density at radius 1 is 1.29 bits per heavy atom. The lowest BCUT2D eigenvalue weighted by Gasteiger charge is -2.07. The summed E-state index contributed by atoms with van der Waals surface area (Å²) in [4.78, 5) is 10.4. The summed E-state index contributed by atoms with van der Waals surface area (Å²) < 4.78 is 31.4. The van der Waals surface area contributed by atoms with Crippen molar-refractivity contribution < 1.29 is 23.1 Å². The number of H-pyrrole nitrogens is 1. The number of aliphatic carboxylic acids is 1. The highest BCUT2D eigenvalue weighted by atomic mass is 32.2. The lowest BCUT2D eigenvalue weighted by Crippen LogP contribution is -2.23. The van der Waals surface area contributed by atoms with Crippen LogP contribution in [-0.4, -0.2) is 36.3 Å². The number of hydrogen-bond acceptors (Lipinski definition) is 5. The third-order valence-electron chi connectivity index (χ3n) is 2.51. The highest BCUT2D eigenvalue weighted by Gasteiger charge is 2.14. The third-order valence-corrected chi connectivity index (χ3v) is 3.92. The molecule has 1 heterocycles. The summed E-state index contributed by atoms with van der Waals surface area (Å²) >= 11 is 0. The van der Waals surface area contributed by atoms with Crippen molar-refractivity contribution >= 4 is 16.0 Å². The number of carboxylic acids is 1. The van der Waals surface area contributed by atoms with Gasteiger partial charge in [-0.15, -0.1) is 0 Å². The van der Waals surface area contributed by atoms with Gasteiger partial charge < -0.3 is 9.84 Å². The number of aromatic amines is 1. The molecule has 1 aromatic heterocycles. The van der Waals surface area contributed by atoms with Crippen molar-refractivity contribution in [1.82, 2.24) is 14.9 Å². The smallest absolute Gasteiger partial charge is 0.341 e. The number of sulfonamides is 1. The van der Waals surface area contributed by atoms with Crippen molar-refractivity contribution in [3.05, 3.63) is 42.2 Å². The molecule has 0 radical (unpaired) electrons. The fourth-order valence-corrected chi connectivity index (χ4v) is 2.51. The van der Waals surface area contributed by atoms with E-state index in [2.05, 4.69) is 14.9 Å². The maximum absolute atomic E-state index is 12.0. The summed E-state index contributed by atoms with van der Waals surface area (Å²) in [5, 5.41) is 14.8. The molecule has 0 fully saturated rings. The molecule has 8 nitrogen and oxygen atoms in total. The van der Waals surface area contributed by atoms with Gasteiger partial charge in [-0.3, -0.25) is 5.10 Å². The van der Waals surface area contributed by atoms with Gasteiger partial charge in [0.1, 0.15) is 5.75 Å². The zero-order chi connectivity index (χ0) is 15.3. The minimum absolute atomic E-state index is 0.0599. The summed E-state index contributed by atoms with van der Waals surface area (Å²) in [7, 11) is -3.65. The van der Waals surface area contributed by atoms with Gasteiger partial charge in [-0.25, -0.2) is 17.9 Å². The van der Waals surface area contributed by atoms with Crippen LogP contribution in [0.15, 0.2) is 41.4 Å². The first kappa shape index (κ1) is 15.0. The maximum atomic E-state index is 12.0. The Morgan fingerprint density at radius 2 is 2.00 bits per heavy atom. The maximum Gasteiger partial charge on any atom is 0.341 e. The molecule has 0 aliphatic heterocycles. The van der Waals surface area contributed by atoms with E-state index in [1.54, 1.807) is 6.07 Å². The first-order valence-corrected chi connectivity index (χ1v) is 7.38. The number of rotatable bonds is 7. The van der Waals surface area contributed by atoms with Crippen LogP contribution in [0.4, 0.5) is 0 Å². The van der Waals surface area contributed by atoms with E-state index in [0.29, 0.717) is 5.69 Å². The van der Waals surface area contributed by atoms with Gasteiger partial charge in [-0.1, -0.05) is 0 Å². The number of nitrogens with one attached hydrogen (secondary N) is 2. The van der Waals surface area contributed by atoms with E-state index in [0.717, 1.165) is 0 Å². The molecule has 2 rings (SSSR count). The Balaban J connectivity index is 2.01. The summed E-state index contributed by atoms with van der Waals surface area (Å²) in [5.41, 5.74) is 0.639. The topological polar surface area (TPSA) is 121 Å². The van der Waals surface area contributed by atoms with Crippen LogP contribution in [-0.2, 0) is 21.4 Å². The van der Waals surface area contributed by atoms with Crippen LogP contribution in [0.5, 0.6) is 5.75 Å². The van der Waals surface area contributed by atoms with Crippen LogP contribution in [0.25, 0.3) is 0 Å². The molecule has 1 aromatic carbocycles. The third kappa shape index (κ3) is 4.29. The van der Waals surface area contributed by atoms with Gasteiger partial charge in [-0.2, -0.15) is 5.10 Å². The summed E-state index contributed by atoms with van der Waals surface area (Å²) in [6.45, 7) is -0.385. The van der Waals surface area contributed by atoms with Gasteiger partial charge in [0.05, 0.1) is 17.1 Å². The van der Waals surface area contributed by atoms with Crippen LogP contribution in [0.1, 0.15) is 5.69 Å². The predicted octanol–water partition coefficient (Wildman–Crippen LogP) is 0.352. The second-order valence-corrected chi connectivity index (χ2v) is 5.83. The van der Waals surface area contributed by atoms with Crippen molar-refractivity contribution in [1.29, 1.82) is 0 Å². The van der Waals surface area contributed by atoms with Gasteiger partial charge in [-0.05, 0) is 30.3 Å². The number of aromatic nitrogens is 2. The molecule has 0 amide bonds. The number of hydrogen-bond donors (Lipinski definition) is 3. The summed E-state index contributed by atoms with van der Waals surface area (Å²) in [5.74, 6) is -0.821. The molecular weight excluding hydrogens is 298 g/mol. The molecule has 112 valence electrons. The zero-order valence-electron chi connectivity index (χ0n) is 10.8. The Labute approximate surface area is 120 Å². The molecule has 0 aliphatic carbocycles. The molecule has 0 saturated carbocycles. The molecule has 9 heteroatoms. The van der Waals surface area contributed by atoms with E-state index in [1.165, 1.54) is 30.5 Å². The molecule has 0 saturated heterocycles. The highest BCUT2D eigenvalue weighted by Crippen LogP contribution is 2.16. The Morgan fingerprint density at radius 3 is 2.57 bits per heavy atom. The normalized spacial score (nSPS) is 11.2. The first-order chi connectivity index (χ1) is 9.97. The second kappa shape index (κ2) is 6.37. The predicted molar refractivity (Wildman–Crippen MR) is 72.2 cm³/mol. The van der Waals surface area contributed by atoms with Crippen molar-refractivity contribution in [2.24, 2.45) is 0 Å². The van der Waals surface area contributed by atoms with Gasteiger partial charge in [0.25, 0.3) is 0 Å². The molecular formula is C12H13N3O5S. The van der Waals surface area contributed by atoms with Crippen LogP contribution < -0.4 is 9.46 Å². The lowest BCUT2D eigenvalue weighted by molar-refractivity contribution is -0.139. The Bertz CT molecular complexity index is 695. The number of benzene rings is 1. The average molecular weight is 311 g/mol. The molecule has 0 atom stereocenters. The standard InChI is InChI=1S/C12H13N3O5S/c16-12(17)8-20-10-1-3-11(4-2-10)21(18,19)14-7-9-5-6-13-15-9/h1-6,14H,7-8H2,(H,13,15)(H,16,17). The number of nitrogens with zero attached hydrogens (tertiary/aromatic N) is 1. The Kier molecular flexibility index (Phi) is 4.55. The summed E-state index contributed by atoms with van der Waals surface area (Å²) in [6.07, 6.45) is 1.53. The fraction of sp³-hybridized carbons (Fsp3) is 0.167. The molecule has 0 unspecified atom stereocenters. The van der Waals surface area contributed by atoms with E-state index >= 15 is 0 Å². The fourth-order valence-electron chi connectivity index (χ4n) is 1.50. The Hall–Kier alpha value is -2.39. The van der Waals surface area contributed by atoms with Gasteiger partial charge in [0, 0.05) is 6.20 Å². The van der Waals surface area contributed by atoms with Crippen LogP contribution in [0, 0.1) is 0 Å². The van der Waals surface area contributed by atoms with E-state index in [-0.39, 0.29) is 17.2 Å². The number of carbonyl (C=O) groups is 1. The van der Waals surface area contributed by atoms with E-state index in [9.17, 15) is 13.2 Å². The van der Waals surface area contributed by atoms with Crippen molar-refractivity contribution in [2.75, 3.05) is 6.61 Å². The minimum Gasteiger partial charge on any atom is -0.482 e. The van der Waals surface area contributed by atoms with Crippen molar-refractivity contribution in [3.63, 3.8) is 0 Å². The SMILES string of the molecule is O=C(O)COc1ccc(S(=O)(=O)NCc2ccn[nH]2)cc1. The molecule has 21 heavy (non-hydrogen) atoms. The molecule has 2 aromatic rings. The monoisotopic (exact) mass is 311 g/mol. The lowest BCUT2D eigenvalue weighted by atomic mass is 10.3. The first-order valence-electron chi connectivity index (χ1n) is 5.90. The van der Waals surface area contributed by atoms with Crippen molar-refractivity contribution in [2.45, 2.75) is 11.4 Å². The summed E-state index contributed by atoms with van der Waals surface area (Å²) in [6, 6.07) is 7.13. The van der Waals surface area contributed by atoms with Crippen LogP contribution >= 0.6 is 0 Å². The number of carboxylic acid groups (broad SMARTS) is 1. The van der Waals surface area contributed by atoms with Crippen LogP contribution in [0.2, 0.25) is 0 Å². The van der Waals surface area contributed by atoms with Gasteiger partial charge in [0.15, 0.2) is 6.61 Å². The quantitative estimate of drug-likeness (QED) is 0.678. The van der Waals surface area contributed by atoms with Crippen LogP contribution in [0.3, 0.4) is 0 Å². The molecule has 0 bridgehead atoms. The molecule has 0 spiro atoms. The van der Waals surface area contributed by atoms with E-state index in [4.69, 9.17) is 9.84 Å². The van der Waals surface area contributed by atoms with E-state index in [1.807, 2.05) is 0 Å². The number of ether oxygens (including phenoxy) is 1. The minimum atomic E-state index is -3.65.